The summed E-state index contributed by atoms with van der Waals surface area (Å²) in [6.07, 6.45) is 1.04. The number of rotatable bonds is 6. The Balaban J connectivity index is 2.60. The van der Waals surface area contributed by atoms with Crippen LogP contribution in [-0.2, 0) is 4.79 Å². The highest BCUT2D eigenvalue weighted by Crippen LogP contribution is 2.19. The number of ether oxygens (including phenoxy) is 1. The van der Waals surface area contributed by atoms with Gasteiger partial charge in [-0.1, -0.05) is 19.1 Å². The minimum atomic E-state index is -0.255. The lowest BCUT2D eigenvalue weighted by molar-refractivity contribution is -0.120. The second-order valence-corrected chi connectivity index (χ2v) is 4.53. The van der Waals surface area contributed by atoms with E-state index in [1.165, 1.54) is 0 Å². The van der Waals surface area contributed by atoms with E-state index in [9.17, 15) is 4.79 Å². The van der Waals surface area contributed by atoms with Gasteiger partial charge in [-0.3, -0.25) is 4.79 Å². The van der Waals surface area contributed by atoms with Crippen molar-refractivity contribution in [2.45, 2.75) is 45.8 Å². The normalized spacial score (nSPS) is 13.2. The summed E-state index contributed by atoms with van der Waals surface area (Å²) < 4.78 is 5.69. The highest BCUT2D eigenvalue weighted by atomic mass is 16.5. The van der Waals surface area contributed by atoms with Crippen LogP contribution in [0.25, 0.3) is 0 Å². The van der Waals surface area contributed by atoms with Gasteiger partial charge in [-0.2, -0.15) is 5.26 Å². The van der Waals surface area contributed by atoms with E-state index in [2.05, 4.69) is 12.2 Å². The molecule has 1 rings (SSSR count). The number of carbonyl (C=O) groups is 1. The summed E-state index contributed by atoms with van der Waals surface area (Å²) in [5, 5.41) is 11.2. The van der Waals surface area contributed by atoms with Gasteiger partial charge in [0.15, 0.2) is 0 Å². The minimum Gasteiger partial charge on any atom is -0.491 e. The van der Waals surface area contributed by atoms with E-state index in [0.717, 1.165) is 17.7 Å². The predicted molar refractivity (Wildman–Crippen MR) is 73.6 cm³/mol. The molecule has 4 heteroatoms. The van der Waals surface area contributed by atoms with E-state index >= 15 is 0 Å². The molecule has 1 N–H and O–H groups in total. The van der Waals surface area contributed by atoms with Gasteiger partial charge in [0.25, 0.3) is 0 Å². The molecular weight excluding hydrogens is 240 g/mol. The zero-order valence-electron chi connectivity index (χ0n) is 11.6. The van der Waals surface area contributed by atoms with Crippen LogP contribution in [0.3, 0.4) is 0 Å². The highest BCUT2D eigenvalue weighted by Gasteiger charge is 2.09. The Labute approximate surface area is 114 Å². The lowest BCUT2D eigenvalue weighted by Gasteiger charge is -2.16. The van der Waals surface area contributed by atoms with Crippen molar-refractivity contribution in [2.75, 3.05) is 0 Å². The Morgan fingerprint density at radius 1 is 1.37 bits per heavy atom. The van der Waals surface area contributed by atoms with Crippen LogP contribution in [0, 0.1) is 11.3 Å². The van der Waals surface area contributed by atoms with Crippen molar-refractivity contribution in [2.24, 2.45) is 0 Å². The fourth-order valence-corrected chi connectivity index (χ4v) is 1.60. The van der Waals surface area contributed by atoms with Gasteiger partial charge in [-0.15, -0.1) is 0 Å². The van der Waals surface area contributed by atoms with Crippen LogP contribution in [0.5, 0.6) is 5.75 Å². The Hall–Kier alpha value is -2.02. The number of nitriles is 1. The van der Waals surface area contributed by atoms with Crippen molar-refractivity contribution in [3.05, 3.63) is 29.8 Å². The van der Waals surface area contributed by atoms with Crippen LogP contribution < -0.4 is 10.1 Å². The maximum atomic E-state index is 11.3. The Kier molecular flexibility index (Phi) is 5.87. The summed E-state index contributed by atoms with van der Waals surface area (Å²) in [4.78, 5) is 11.3. The number of amides is 1. The molecule has 102 valence electrons. The maximum Gasteiger partial charge on any atom is 0.234 e. The minimum absolute atomic E-state index is 0.112. The van der Waals surface area contributed by atoms with Crippen LogP contribution in [0.1, 0.15) is 45.2 Å². The van der Waals surface area contributed by atoms with Crippen molar-refractivity contribution in [1.29, 1.82) is 5.26 Å². The van der Waals surface area contributed by atoms with E-state index < -0.39 is 0 Å². The van der Waals surface area contributed by atoms with E-state index in [0.29, 0.717) is 0 Å². The second kappa shape index (κ2) is 7.42. The van der Waals surface area contributed by atoms with Gasteiger partial charge >= 0.3 is 0 Å². The molecule has 1 aromatic rings. The highest BCUT2D eigenvalue weighted by molar-refractivity contribution is 5.78. The number of carbonyl (C=O) groups excluding carboxylic acids is 1. The van der Waals surface area contributed by atoms with Crippen LogP contribution in [0.2, 0.25) is 0 Å². The molecule has 0 fully saturated rings. The van der Waals surface area contributed by atoms with Crippen molar-refractivity contribution >= 4 is 5.91 Å². The molecule has 0 bridgehead atoms. The largest absolute Gasteiger partial charge is 0.491 e. The Bertz CT molecular complexity index is 448. The molecule has 0 spiro atoms. The number of hydrogen-bond donors (Lipinski definition) is 1. The number of hydrogen-bond acceptors (Lipinski definition) is 3. The summed E-state index contributed by atoms with van der Waals surface area (Å²) in [6.45, 7) is 5.99. The third-order valence-corrected chi connectivity index (χ3v) is 2.91. The zero-order valence-corrected chi connectivity index (χ0v) is 11.6. The molecule has 0 heterocycles. The molecule has 19 heavy (non-hydrogen) atoms. The third kappa shape index (κ3) is 5.01. The van der Waals surface area contributed by atoms with Crippen LogP contribution in [0.15, 0.2) is 24.3 Å². The first kappa shape index (κ1) is 15.0. The molecule has 0 unspecified atom stereocenters. The quantitative estimate of drug-likeness (QED) is 0.855. The molecular formula is C15H20N2O2. The van der Waals surface area contributed by atoms with Crippen LogP contribution >= 0.6 is 0 Å². The molecule has 0 aliphatic heterocycles. The van der Waals surface area contributed by atoms with E-state index in [1.54, 1.807) is 0 Å². The smallest absolute Gasteiger partial charge is 0.234 e. The Morgan fingerprint density at radius 2 is 2.00 bits per heavy atom. The summed E-state index contributed by atoms with van der Waals surface area (Å²) >= 11 is 0. The van der Waals surface area contributed by atoms with Gasteiger partial charge in [0, 0.05) is 0 Å². The number of nitrogens with one attached hydrogen (secondary N) is 1. The molecule has 1 amide bonds. The average molecular weight is 260 g/mol. The second-order valence-electron chi connectivity index (χ2n) is 4.53. The average Bonchev–Trinajstić information content (AvgIpc) is 2.39. The van der Waals surface area contributed by atoms with Crippen molar-refractivity contribution in [3.8, 4) is 11.8 Å². The van der Waals surface area contributed by atoms with Gasteiger partial charge in [0.05, 0.1) is 18.2 Å². The zero-order chi connectivity index (χ0) is 14.3. The predicted octanol–water partition coefficient (Wildman–Crippen LogP) is 2.95. The summed E-state index contributed by atoms with van der Waals surface area (Å²) in [7, 11) is 0. The molecule has 0 aromatic heterocycles. The topological polar surface area (TPSA) is 62.1 Å². The fourth-order valence-electron chi connectivity index (χ4n) is 1.60. The van der Waals surface area contributed by atoms with E-state index in [-0.39, 0.29) is 24.5 Å². The van der Waals surface area contributed by atoms with Gasteiger partial charge in [0.1, 0.15) is 12.2 Å². The van der Waals surface area contributed by atoms with Gasteiger partial charge in [-0.05, 0) is 38.0 Å². The maximum absolute atomic E-state index is 11.3. The van der Waals surface area contributed by atoms with Gasteiger partial charge in [0.2, 0.25) is 5.91 Å². The summed E-state index contributed by atoms with van der Waals surface area (Å²) in [6, 6.07) is 9.36. The lowest BCUT2D eigenvalue weighted by Crippen LogP contribution is -2.25. The first-order valence-corrected chi connectivity index (χ1v) is 6.49. The SMILES string of the molecule is CC[C@@H](C)Oc1ccc([C@H](C)NC(=O)CC#N)cc1. The molecule has 0 saturated heterocycles. The van der Waals surface area contributed by atoms with E-state index in [4.69, 9.17) is 10.00 Å². The van der Waals surface area contributed by atoms with E-state index in [1.807, 2.05) is 44.2 Å². The first-order valence-electron chi connectivity index (χ1n) is 6.49. The lowest BCUT2D eigenvalue weighted by atomic mass is 10.1. The van der Waals surface area contributed by atoms with Crippen molar-refractivity contribution < 1.29 is 9.53 Å². The van der Waals surface area contributed by atoms with Crippen LogP contribution in [0.4, 0.5) is 0 Å². The molecule has 0 aliphatic carbocycles. The van der Waals surface area contributed by atoms with Crippen molar-refractivity contribution in [1.82, 2.24) is 5.32 Å². The summed E-state index contributed by atoms with van der Waals surface area (Å²) in [5.74, 6) is 0.573. The molecule has 4 nitrogen and oxygen atoms in total. The van der Waals surface area contributed by atoms with Gasteiger partial charge < -0.3 is 10.1 Å². The number of nitrogens with zero attached hydrogens (tertiary/aromatic N) is 1. The summed E-state index contributed by atoms with van der Waals surface area (Å²) in [5.41, 5.74) is 0.989. The monoisotopic (exact) mass is 260 g/mol. The van der Waals surface area contributed by atoms with Crippen LogP contribution in [-0.4, -0.2) is 12.0 Å². The Morgan fingerprint density at radius 3 is 2.53 bits per heavy atom. The molecule has 1 aromatic carbocycles. The van der Waals surface area contributed by atoms with Crippen molar-refractivity contribution in [3.63, 3.8) is 0 Å². The number of benzene rings is 1. The molecule has 0 saturated carbocycles. The third-order valence-electron chi connectivity index (χ3n) is 2.91. The fraction of sp³-hybridized carbons (Fsp3) is 0.467. The standard InChI is InChI=1S/C15H20N2O2/c1-4-11(2)19-14-7-5-13(6-8-14)12(3)17-15(18)9-10-16/h5-8,11-12H,4,9H2,1-3H3,(H,17,18)/t11-,12+/m1/s1. The molecule has 0 aliphatic rings. The molecule has 2 atom stereocenters. The molecule has 0 radical (unpaired) electrons. The van der Waals surface area contributed by atoms with Gasteiger partial charge in [-0.25, -0.2) is 0 Å². The first-order chi connectivity index (χ1) is 9.06.